The van der Waals surface area contributed by atoms with E-state index < -0.39 is 5.97 Å². The zero-order valence-corrected chi connectivity index (χ0v) is 16.7. The van der Waals surface area contributed by atoms with Crippen LogP contribution in [0.15, 0.2) is 24.3 Å². The quantitative estimate of drug-likeness (QED) is 0.185. The molecular weight excluding hydrogens is 312 g/mol. The summed E-state index contributed by atoms with van der Waals surface area (Å²) in [5, 5.41) is 16.7. The Labute approximate surface area is 156 Å². The molecule has 0 radical (unpaired) electrons. The number of unbranched alkanes of at least 4 members (excludes halogenated alkanes) is 13. The summed E-state index contributed by atoms with van der Waals surface area (Å²) in [7, 11) is 0. The summed E-state index contributed by atoms with van der Waals surface area (Å²) in [5.41, 5.74) is 0. The molecule has 0 spiro atoms. The molecule has 0 fully saturated rings. The Kier molecular flexibility index (Phi) is 26.3. The van der Waals surface area contributed by atoms with Crippen molar-refractivity contribution in [1.82, 2.24) is 0 Å². The Hall–Kier alpha value is -1.09. The number of aliphatic hydroxyl groups is 1. The molecule has 0 unspecified atom stereocenters. The predicted molar refractivity (Wildman–Crippen MR) is 109 cm³/mol. The van der Waals surface area contributed by atoms with Crippen molar-refractivity contribution >= 4 is 5.97 Å². The monoisotopic (exact) mass is 354 g/mol. The third-order valence-electron chi connectivity index (χ3n) is 4.05. The van der Waals surface area contributed by atoms with Crippen molar-refractivity contribution in [2.45, 2.75) is 104 Å². The van der Waals surface area contributed by atoms with Crippen molar-refractivity contribution in [2.24, 2.45) is 0 Å². The predicted octanol–water partition coefficient (Wildman–Crippen LogP) is 6.66. The number of aliphatic carboxylic acids is 1. The van der Waals surface area contributed by atoms with E-state index >= 15 is 0 Å². The number of carboxylic acid groups (broad SMARTS) is 1. The van der Waals surface area contributed by atoms with Crippen molar-refractivity contribution in [3.8, 4) is 0 Å². The molecule has 0 aromatic rings. The van der Waals surface area contributed by atoms with Crippen LogP contribution in [0.1, 0.15) is 104 Å². The topological polar surface area (TPSA) is 57.5 Å². The second-order valence-electron chi connectivity index (χ2n) is 6.54. The maximum Gasteiger partial charge on any atom is 0.328 e. The number of rotatable bonds is 16. The van der Waals surface area contributed by atoms with Crippen LogP contribution in [0.3, 0.4) is 0 Å². The lowest BCUT2D eigenvalue weighted by molar-refractivity contribution is -0.131. The lowest BCUT2D eigenvalue weighted by atomic mass is 10.0. The van der Waals surface area contributed by atoms with E-state index in [1.807, 2.05) is 6.92 Å². The molecule has 0 rings (SSSR count). The van der Waals surface area contributed by atoms with Gasteiger partial charge in [-0.05, 0) is 13.3 Å². The highest BCUT2D eigenvalue weighted by molar-refractivity contribution is 5.80. The summed E-state index contributed by atoms with van der Waals surface area (Å²) < 4.78 is 0. The van der Waals surface area contributed by atoms with Gasteiger partial charge in [0.2, 0.25) is 0 Å². The second kappa shape index (κ2) is 25.2. The largest absolute Gasteiger partial charge is 0.478 e. The molecule has 3 nitrogen and oxygen atoms in total. The average Bonchev–Trinajstić information content (AvgIpc) is 2.59. The molecule has 25 heavy (non-hydrogen) atoms. The SMILES string of the molecule is CC=CC=CC(=O)O.CCCCCCCCCCCCCCCCO. The van der Waals surface area contributed by atoms with Crippen molar-refractivity contribution in [3.05, 3.63) is 24.3 Å². The number of hydrogen-bond acceptors (Lipinski definition) is 2. The third-order valence-corrected chi connectivity index (χ3v) is 4.05. The van der Waals surface area contributed by atoms with Crippen molar-refractivity contribution in [2.75, 3.05) is 6.61 Å². The highest BCUT2D eigenvalue weighted by Gasteiger charge is 1.93. The first-order valence-electron chi connectivity index (χ1n) is 10.3. The maximum atomic E-state index is 9.75. The lowest BCUT2D eigenvalue weighted by Gasteiger charge is -2.02. The smallest absolute Gasteiger partial charge is 0.328 e. The Morgan fingerprint density at radius 2 is 1.12 bits per heavy atom. The van der Waals surface area contributed by atoms with E-state index in [4.69, 9.17) is 10.2 Å². The molecule has 0 aliphatic carbocycles. The van der Waals surface area contributed by atoms with Crippen LogP contribution in [0, 0.1) is 0 Å². The molecular formula is C22H42O3. The maximum absolute atomic E-state index is 9.75. The van der Waals surface area contributed by atoms with E-state index in [2.05, 4.69) is 6.92 Å². The van der Waals surface area contributed by atoms with Gasteiger partial charge >= 0.3 is 5.97 Å². The minimum absolute atomic E-state index is 0.373. The van der Waals surface area contributed by atoms with E-state index in [-0.39, 0.29) is 0 Å². The highest BCUT2D eigenvalue weighted by atomic mass is 16.4. The molecule has 0 aromatic carbocycles. The van der Waals surface area contributed by atoms with E-state index in [1.165, 1.54) is 89.5 Å². The van der Waals surface area contributed by atoms with Gasteiger partial charge in [-0.15, -0.1) is 0 Å². The van der Waals surface area contributed by atoms with Gasteiger partial charge in [0.1, 0.15) is 0 Å². The van der Waals surface area contributed by atoms with Crippen LogP contribution in [-0.4, -0.2) is 22.8 Å². The average molecular weight is 355 g/mol. The van der Waals surface area contributed by atoms with Crippen LogP contribution in [0.5, 0.6) is 0 Å². The minimum atomic E-state index is -0.914. The fourth-order valence-electron chi connectivity index (χ4n) is 2.56. The molecule has 0 atom stereocenters. The van der Waals surface area contributed by atoms with Crippen LogP contribution in [0.25, 0.3) is 0 Å². The van der Waals surface area contributed by atoms with Gasteiger partial charge in [0.25, 0.3) is 0 Å². The van der Waals surface area contributed by atoms with Crippen LogP contribution in [0.2, 0.25) is 0 Å². The zero-order chi connectivity index (χ0) is 19.0. The van der Waals surface area contributed by atoms with Gasteiger partial charge in [-0.25, -0.2) is 4.79 Å². The van der Waals surface area contributed by atoms with Crippen molar-refractivity contribution < 1.29 is 15.0 Å². The fraction of sp³-hybridized carbons (Fsp3) is 0.773. The van der Waals surface area contributed by atoms with Gasteiger partial charge in [-0.2, -0.15) is 0 Å². The molecule has 0 heterocycles. The summed E-state index contributed by atoms with van der Waals surface area (Å²) in [4.78, 5) is 9.75. The van der Waals surface area contributed by atoms with Crippen LogP contribution in [0.4, 0.5) is 0 Å². The summed E-state index contributed by atoms with van der Waals surface area (Å²) >= 11 is 0. The molecule has 0 aromatic heterocycles. The number of carboxylic acids is 1. The molecule has 148 valence electrons. The Morgan fingerprint density at radius 3 is 1.44 bits per heavy atom. The Balaban J connectivity index is 0. The number of carbonyl (C=O) groups is 1. The normalized spacial score (nSPS) is 11.0. The highest BCUT2D eigenvalue weighted by Crippen LogP contribution is 2.12. The molecule has 0 saturated heterocycles. The number of hydrogen-bond donors (Lipinski definition) is 2. The third kappa shape index (κ3) is 31.2. The first kappa shape index (κ1) is 26.1. The molecule has 2 N–H and O–H groups in total. The van der Waals surface area contributed by atoms with Gasteiger partial charge in [0, 0.05) is 12.7 Å². The summed E-state index contributed by atoms with van der Waals surface area (Å²) in [6.07, 6.45) is 25.2. The van der Waals surface area contributed by atoms with E-state index in [0.717, 1.165) is 12.5 Å². The van der Waals surface area contributed by atoms with Gasteiger partial charge in [-0.3, -0.25) is 0 Å². The number of allylic oxidation sites excluding steroid dienone is 3. The Morgan fingerprint density at radius 1 is 0.720 bits per heavy atom. The van der Waals surface area contributed by atoms with E-state index in [9.17, 15) is 4.79 Å². The van der Waals surface area contributed by atoms with Crippen molar-refractivity contribution in [3.63, 3.8) is 0 Å². The van der Waals surface area contributed by atoms with Crippen LogP contribution >= 0.6 is 0 Å². The van der Waals surface area contributed by atoms with Crippen molar-refractivity contribution in [1.29, 1.82) is 0 Å². The van der Waals surface area contributed by atoms with Gasteiger partial charge in [-0.1, -0.05) is 109 Å². The number of aliphatic hydroxyl groups excluding tert-OH is 1. The molecule has 0 saturated carbocycles. The summed E-state index contributed by atoms with van der Waals surface area (Å²) in [5.74, 6) is -0.914. The summed E-state index contributed by atoms with van der Waals surface area (Å²) in [6.45, 7) is 4.48. The Bertz CT molecular complexity index is 294. The van der Waals surface area contributed by atoms with Crippen LogP contribution < -0.4 is 0 Å². The molecule has 3 heteroatoms. The molecule has 0 aliphatic rings. The molecule has 0 amide bonds. The first-order chi connectivity index (χ1) is 12.2. The second-order valence-corrected chi connectivity index (χ2v) is 6.54. The van der Waals surface area contributed by atoms with Gasteiger partial charge in [0.05, 0.1) is 0 Å². The molecule has 0 bridgehead atoms. The van der Waals surface area contributed by atoms with E-state index in [1.54, 1.807) is 12.2 Å². The van der Waals surface area contributed by atoms with E-state index in [0.29, 0.717) is 6.61 Å². The first-order valence-corrected chi connectivity index (χ1v) is 10.3. The zero-order valence-electron chi connectivity index (χ0n) is 16.7. The summed E-state index contributed by atoms with van der Waals surface area (Å²) in [6, 6.07) is 0. The standard InChI is InChI=1S/C16H34O.C6H8O2/c1-2-3-4-5-6-7-8-9-10-11-12-13-14-15-16-17;1-2-3-4-5-6(7)8/h17H,2-16H2,1H3;2-5H,1H3,(H,7,8). The minimum Gasteiger partial charge on any atom is -0.478 e. The lowest BCUT2D eigenvalue weighted by Crippen LogP contribution is -1.84. The fourth-order valence-corrected chi connectivity index (χ4v) is 2.56. The van der Waals surface area contributed by atoms with Crippen LogP contribution in [-0.2, 0) is 4.79 Å². The molecule has 0 aliphatic heterocycles. The van der Waals surface area contributed by atoms with Gasteiger partial charge in [0.15, 0.2) is 0 Å². The van der Waals surface area contributed by atoms with Gasteiger partial charge < -0.3 is 10.2 Å².